The first-order valence-corrected chi connectivity index (χ1v) is 17.7. The van der Waals surface area contributed by atoms with Crippen LogP contribution in [0, 0.1) is 0 Å². The molecule has 0 radical (unpaired) electrons. The lowest BCUT2D eigenvalue weighted by Gasteiger charge is -2.27. The number of hydrogen-bond acceptors (Lipinski definition) is 8. The maximum atomic E-state index is 13.4. The molecule has 0 saturated carbocycles. The maximum absolute atomic E-state index is 13.4. The number of aromatic nitrogens is 4. The van der Waals surface area contributed by atoms with Crippen molar-refractivity contribution in [1.29, 1.82) is 0 Å². The van der Waals surface area contributed by atoms with Gasteiger partial charge in [0.1, 0.15) is 23.3 Å². The van der Waals surface area contributed by atoms with Gasteiger partial charge in [0.2, 0.25) is 5.91 Å². The lowest BCUT2D eigenvalue weighted by molar-refractivity contribution is -0.135. The number of imidazole rings is 2. The molecule has 13 nitrogen and oxygen atoms in total. The molecular weight excluding hydrogens is 662 g/mol. The minimum atomic E-state index is -0.856. The van der Waals surface area contributed by atoms with Crippen LogP contribution in [0.4, 0.5) is 9.59 Å². The van der Waals surface area contributed by atoms with E-state index in [0.717, 1.165) is 75.7 Å². The van der Waals surface area contributed by atoms with Crippen LogP contribution in [-0.4, -0.2) is 93.4 Å². The summed E-state index contributed by atoms with van der Waals surface area (Å²) in [5, 5.41) is 4.76. The molecule has 5 aromatic rings. The minimum Gasteiger partial charge on any atom is -0.453 e. The zero-order chi connectivity index (χ0) is 36.6. The number of methoxy groups -OCH3 is 2. The van der Waals surface area contributed by atoms with E-state index in [2.05, 4.69) is 68.8 Å². The van der Waals surface area contributed by atoms with Crippen molar-refractivity contribution in [2.75, 3.05) is 33.9 Å². The molecule has 13 heteroatoms. The van der Waals surface area contributed by atoms with E-state index in [9.17, 15) is 14.4 Å². The highest BCUT2D eigenvalue weighted by Gasteiger charge is 2.37. The van der Waals surface area contributed by atoms with E-state index in [-0.39, 0.29) is 30.7 Å². The number of alkyl carbamates (subject to hydrolysis) is 1. The van der Waals surface area contributed by atoms with E-state index < -0.39 is 17.7 Å². The second-order valence-electron chi connectivity index (χ2n) is 14.5. The summed E-state index contributed by atoms with van der Waals surface area (Å²) in [6, 6.07) is 17.7. The molecule has 7 rings (SSSR count). The summed E-state index contributed by atoms with van der Waals surface area (Å²) in [4.78, 5) is 58.2. The van der Waals surface area contributed by atoms with E-state index in [0.29, 0.717) is 18.9 Å². The van der Waals surface area contributed by atoms with E-state index in [1.54, 1.807) is 16.0 Å². The van der Waals surface area contributed by atoms with E-state index in [1.165, 1.54) is 14.2 Å². The van der Waals surface area contributed by atoms with Crippen molar-refractivity contribution < 1.29 is 28.6 Å². The van der Waals surface area contributed by atoms with Gasteiger partial charge in [0, 0.05) is 25.8 Å². The molecule has 2 aliphatic heterocycles. The number of carbonyl (C=O) groups excluding carboxylic acids is 3. The number of amides is 3. The molecule has 0 spiro atoms. The van der Waals surface area contributed by atoms with Crippen molar-refractivity contribution in [3.05, 3.63) is 72.4 Å². The maximum Gasteiger partial charge on any atom is 0.410 e. The fourth-order valence-corrected chi connectivity index (χ4v) is 7.26. The van der Waals surface area contributed by atoms with Crippen molar-refractivity contribution in [3.8, 4) is 22.4 Å². The molecule has 0 bridgehead atoms. The topological polar surface area (TPSA) is 155 Å². The summed E-state index contributed by atoms with van der Waals surface area (Å²) in [6.45, 7) is 6.88. The average molecular weight is 708 g/mol. The Balaban J connectivity index is 1.07. The number of fused-ring (bicyclic) bond motifs is 2. The van der Waals surface area contributed by atoms with E-state index in [4.69, 9.17) is 19.2 Å². The fraction of sp³-hybridized carbons (Fsp3) is 0.410. The van der Waals surface area contributed by atoms with Crippen molar-refractivity contribution in [3.63, 3.8) is 0 Å². The third kappa shape index (κ3) is 7.18. The molecule has 2 aromatic heterocycles. The molecular formula is C39H45N7O6. The summed E-state index contributed by atoms with van der Waals surface area (Å²) in [7, 11) is 2.75. The van der Waals surface area contributed by atoms with Crippen LogP contribution in [0.5, 0.6) is 0 Å². The van der Waals surface area contributed by atoms with Crippen LogP contribution in [0.3, 0.4) is 0 Å². The number of carbonyl (C=O) groups is 3. The molecule has 3 aromatic carbocycles. The predicted molar refractivity (Wildman–Crippen MR) is 196 cm³/mol. The molecule has 272 valence electrons. The number of likely N-dealkylation sites (tertiary alicyclic amines) is 2. The Morgan fingerprint density at radius 1 is 0.865 bits per heavy atom. The number of hydrogen-bond donors (Lipinski definition) is 3. The summed E-state index contributed by atoms with van der Waals surface area (Å²) in [6.07, 6.45) is 4.13. The summed E-state index contributed by atoms with van der Waals surface area (Å²) < 4.78 is 15.6. The van der Waals surface area contributed by atoms with Gasteiger partial charge in [-0.25, -0.2) is 19.6 Å². The number of H-pyrrole nitrogens is 2. The Kier molecular flexibility index (Phi) is 9.62. The molecule has 52 heavy (non-hydrogen) atoms. The summed E-state index contributed by atoms with van der Waals surface area (Å²) in [5.74, 6) is 1.25. The quantitative estimate of drug-likeness (QED) is 0.158. The van der Waals surface area contributed by atoms with Gasteiger partial charge < -0.3 is 34.4 Å². The summed E-state index contributed by atoms with van der Waals surface area (Å²) in [5.41, 5.74) is 5.21. The van der Waals surface area contributed by atoms with E-state index >= 15 is 0 Å². The number of aromatic amines is 2. The zero-order valence-electron chi connectivity index (χ0n) is 30.2. The summed E-state index contributed by atoms with van der Waals surface area (Å²) >= 11 is 0. The van der Waals surface area contributed by atoms with Gasteiger partial charge in [-0.2, -0.15) is 0 Å². The van der Waals surface area contributed by atoms with Gasteiger partial charge in [-0.15, -0.1) is 0 Å². The van der Waals surface area contributed by atoms with Gasteiger partial charge in [0.25, 0.3) is 0 Å². The Bertz CT molecular complexity index is 2120. The zero-order valence-corrected chi connectivity index (χ0v) is 30.2. The van der Waals surface area contributed by atoms with Gasteiger partial charge in [0.15, 0.2) is 0 Å². The third-order valence-electron chi connectivity index (χ3n) is 9.74. The molecule has 2 aliphatic rings. The number of ether oxygens (including phenoxy) is 3. The molecule has 2 saturated heterocycles. The largest absolute Gasteiger partial charge is 0.453 e. The van der Waals surface area contributed by atoms with Gasteiger partial charge in [-0.1, -0.05) is 30.3 Å². The normalized spacial score (nSPS) is 18.2. The fourth-order valence-electron chi connectivity index (χ4n) is 7.26. The minimum absolute atomic E-state index is 0.0364. The first-order valence-electron chi connectivity index (χ1n) is 17.7. The Morgan fingerprint density at radius 2 is 1.52 bits per heavy atom. The van der Waals surface area contributed by atoms with E-state index in [1.807, 2.05) is 26.8 Å². The van der Waals surface area contributed by atoms with Crippen LogP contribution in [0.25, 0.3) is 44.2 Å². The van der Waals surface area contributed by atoms with Crippen molar-refractivity contribution in [2.24, 2.45) is 0 Å². The second kappa shape index (κ2) is 14.3. The first-order chi connectivity index (χ1) is 25.0. The molecule has 4 heterocycles. The second-order valence-corrected chi connectivity index (χ2v) is 14.5. The van der Waals surface area contributed by atoms with Crippen LogP contribution < -0.4 is 5.32 Å². The molecule has 3 atom stereocenters. The number of benzene rings is 3. The number of nitrogens with one attached hydrogen (secondary N) is 3. The molecule has 3 amide bonds. The smallest absolute Gasteiger partial charge is 0.410 e. The molecule has 2 fully saturated rings. The van der Waals surface area contributed by atoms with Crippen LogP contribution in [0.2, 0.25) is 0 Å². The highest BCUT2D eigenvalue weighted by molar-refractivity contribution is 5.92. The van der Waals surface area contributed by atoms with Crippen molar-refractivity contribution >= 4 is 39.9 Å². The molecule has 1 unspecified atom stereocenters. The van der Waals surface area contributed by atoms with Gasteiger partial charge in [-0.3, -0.25) is 9.69 Å². The standard InChI is InChI=1S/C39H45N7O6/c1-39(2,3)52-38(49)46-17-7-9-33(46)35-41-28-15-14-26(20-29(28)42-35)24-10-11-25-19-27(13-12-23(25)18-24)30-21-40-34(43-30)32-8-6-16-45(32)36(47)31(22-50-4)44-37(48)51-5/h10-15,18-21,31-33H,6-9,16-17,22H2,1-5H3,(H,40,43)(H,41,42)(H,44,48)/t31-,32?,33-/m0/s1. The van der Waals surface area contributed by atoms with Crippen molar-refractivity contribution in [2.45, 2.75) is 70.2 Å². The van der Waals surface area contributed by atoms with Gasteiger partial charge in [0.05, 0.1) is 48.7 Å². The van der Waals surface area contributed by atoms with Crippen LogP contribution in [0.15, 0.2) is 60.8 Å². The highest BCUT2D eigenvalue weighted by Crippen LogP contribution is 2.36. The third-order valence-corrected chi connectivity index (χ3v) is 9.74. The van der Waals surface area contributed by atoms with Crippen LogP contribution in [0.1, 0.15) is 70.2 Å². The van der Waals surface area contributed by atoms with Gasteiger partial charge in [-0.05, 0) is 92.6 Å². The van der Waals surface area contributed by atoms with Crippen LogP contribution in [-0.2, 0) is 19.0 Å². The monoisotopic (exact) mass is 707 g/mol. The Hall–Kier alpha value is -5.43. The lowest BCUT2D eigenvalue weighted by atomic mass is 9.99. The Morgan fingerprint density at radius 3 is 2.23 bits per heavy atom. The Labute approximate surface area is 302 Å². The number of nitrogens with zero attached hydrogens (tertiary/aromatic N) is 4. The SMILES string of the molecule is COC[C@H](NC(=O)OC)C(=O)N1CCCC1c1ncc(-c2ccc3cc(-c4ccc5nc([C@@H]6CCCN6C(=O)OC(C)(C)C)[nH]c5c4)ccc3c2)[nH]1. The average Bonchev–Trinajstić information content (AvgIpc) is 3.95. The predicted octanol–water partition coefficient (Wildman–Crippen LogP) is 6.88. The number of rotatable bonds is 8. The van der Waals surface area contributed by atoms with Gasteiger partial charge >= 0.3 is 12.2 Å². The molecule has 3 N–H and O–H groups in total. The van der Waals surface area contributed by atoms with Crippen molar-refractivity contribution in [1.82, 2.24) is 35.1 Å². The molecule has 0 aliphatic carbocycles. The van der Waals surface area contributed by atoms with Crippen LogP contribution >= 0.6 is 0 Å². The lowest BCUT2D eigenvalue weighted by Crippen LogP contribution is -2.50. The first kappa shape index (κ1) is 35.0. The highest BCUT2D eigenvalue weighted by atomic mass is 16.6.